The van der Waals surface area contributed by atoms with Crippen molar-refractivity contribution < 1.29 is 4.79 Å². The first-order valence-corrected chi connectivity index (χ1v) is 7.18. The summed E-state index contributed by atoms with van der Waals surface area (Å²) in [4.78, 5) is 18.9. The lowest BCUT2D eigenvalue weighted by molar-refractivity contribution is 0.0740. The van der Waals surface area contributed by atoms with Crippen molar-refractivity contribution in [1.29, 1.82) is 0 Å². The van der Waals surface area contributed by atoms with Gasteiger partial charge >= 0.3 is 0 Å². The first-order valence-electron chi connectivity index (χ1n) is 7.18. The highest BCUT2D eigenvalue weighted by Gasteiger charge is 2.22. The molecule has 1 aromatic heterocycles. The quantitative estimate of drug-likeness (QED) is 0.918. The molecule has 1 aromatic rings. The van der Waals surface area contributed by atoms with Gasteiger partial charge < -0.3 is 10.2 Å². The van der Waals surface area contributed by atoms with Gasteiger partial charge in [-0.1, -0.05) is 27.7 Å². The smallest absolute Gasteiger partial charge is 0.254 e. The van der Waals surface area contributed by atoms with Gasteiger partial charge in [0.2, 0.25) is 0 Å². The van der Waals surface area contributed by atoms with Crippen LogP contribution in [0.3, 0.4) is 0 Å². The second-order valence-corrected chi connectivity index (χ2v) is 6.30. The molecule has 0 radical (unpaired) electrons. The minimum Gasteiger partial charge on any atom is -0.373 e. The summed E-state index contributed by atoms with van der Waals surface area (Å²) in [5.41, 5.74) is 1.53. The van der Waals surface area contributed by atoms with E-state index in [-0.39, 0.29) is 17.4 Å². The third-order valence-electron chi connectivity index (χ3n) is 3.67. The molecule has 0 bridgehead atoms. The number of pyridine rings is 1. The van der Waals surface area contributed by atoms with E-state index in [4.69, 9.17) is 0 Å². The summed E-state index contributed by atoms with van der Waals surface area (Å²) >= 11 is 0. The summed E-state index contributed by atoms with van der Waals surface area (Å²) in [6.07, 6.45) is 0.943. The molecular weight excluding hydrogens is 250 g/mol. The zero-order chi connectivity index (χ0) is 15.5. The molecule has 0 spiro atoms. The van der Waals surface area contributed by atoms with E-state index in [0.717, 1.165) is 17.9 Å². The minimum atomic E-state index is -0.0865. The standard InChI is InChI=1S/C16H27N3O/c1-8-11(2)19(7)15(20)12-9-13(16(3,4)5)18-14(10-12)17-6/h9-11H,8H2,1-7H3,(H,17,18). The lowest BCUT2D eigenvalue weighted by Gasteiger charge is -2.25. The maximum Gasteiger partial charge on any atom is 0.254 e. The molecular formula is C16H27N3O. The summed E-state index contributed by atoms with van der Waals surface area (Å²) in [6, 6.07) is 3.95. The van der Waals surface area contributed by atoms with E-state index >= 15 is 0 Å². The molecule has 1 unspecified atom stereocenters. The van der Waals surface area contributed by atoms with Gasteiger partial charge in [0.05, 0.1) is 0 Å². The van der Waals surface area contributed by atoms with Crippen molar-refractivity contribution in [3.8, 4) is 0 Å². The second kappa shape index (κ2) is 6.25. The van der Waals surface area contributed by atoms with Gasteiger partial charge in [-0.15, -0.1) is 0 Å². The highest BCUT2D eigenvalue weighted by Crippen LogP contribution is 2.24. The molecule has 0 aromatic carbocycles. The Balaban J connectivity index is 3.21. The number of amides is 1. The normalized spacial score (nSPS) is 12.9. The number of carbonyl (C=O) groups excluding carboxylic acids is 1. The van der Waals surface area contributed by atoms with Gasteiger partial charge in [0.25, 0.3) is 5.91 Å². The summed E-state index contributed by atoms with van der Waals surface area (Å²) < 4.78 is 0. The molecule has 0 aliphatic rings. The van der Waals surface area contributed by atoms with Crippen molar-refractivity contribution in [2.75, 3.05) is 19.4 Å². The number of nitrogens with zero attached hydrogens (tertiary/aromatic N) is 2. The molecule has 0 aliphatic carbocycles. The summed E-state index contributed by atoms with van der Waals surface area (Å²) in [5, 5.41) is 3.04. The zero-order valence-electron chi connectivity index (χ0n) is 13.7. The van der Waals surface area contributed by atoms with Crippen LogP contribution in [0.4, 0.5) is 5.82 Å². The lowest BCUT2D eigenvalue weighted by atomic mass is 9.90. The number of aromatic nitrogens is 1. The van der Waals surface area contributed by atoms with Crippen LogP contribution in [-0.2, 0) is 5.41 Å². The highest BCUT2D eigenvalue weighted by molar-refractivity contribution is 5.95. The van der Waals surface area contributed by atoms with E-state index in [9.17, 15) is 4.79 Å². The van der Waals surface area contributed by atoms with E-state index in [1.807, 2.05) is 26.2 Å². The van der Waals surface area contributed by atoms with Crippen molar-refractivity contribution in [1.82, 2.24) is 9.88 Å². The Morgan fingerprint density at radius 3 is 2.45 bits per heavy atom. The van der Waals surface area contributed by atoms with Gasteiger partial charge in [-0.05, 0) is 25.5 Å². The van der Waals surface area contributed by atoms with Crippen LogP contribution >= 0.6 is 0 Å². The Morgan fingerprint density at radius 2 is 2.00 bits per heavy atom. The van der Waals surface area contributed by atoms with Crippen LogP contribution < -0.4 is 5.32 Å². The summed E-state index contributed by atoms with van der Waals surface area (Å²) in [6.45, 7) is 10.4. The fourth-order valence-electron chi connectivity index (χ4n) is 1.84. The molecule has 0 fully saturated rings. The SMILES string of the molecule is CCC(C)N(C)C(=O)c1cc(NC)nc(C(C)(C)C)c1. The average Bonchev–Trinajstić information content (AvgIpc) is 2.43. The van der Waals surface area contributed by atoms with E-state index in [2.05, 4.69) is 44.9 Å². The number of hydrogen-bond acceptors (Lipinski definition) is 3. The van der Waals surface area contributed by atoms with Crippen molar-refractivity contribution in [3.05, 3.63) is 23.4 Å². The van der Waals surface area contributed by atoms with Gasteiger partial charge in [-0.25, -0.2) is 4.98 Å². The van der Waals surface area contributed by atoms with Crippen molar-refractivity contribution in [3.63, 3.8) is 0 Å². The predicted octanol–water partition coefficient (Wildman–Crippen LogP) is 3.29. The number of rotatable bonds is 4. The summed E-state index contributed by atoms with van der Waals surface area (Å²) in [5.74, 6) is 0.780. The van der Waals surface area contributed by atoms with Crippen LogP contribution in [0.1, 0.15) is 57.1 Å². The van der Waals surface area contributed by atoms with Crippen LogP contribution in [0.5, 0.6) is 0 Å². The maximum atomic E-state index is 12.6. The molecule has 0 aliphatic heterocycles. The first kappa shape index (κ1) is 16.5. The zero-order valence-corrected chi connectivity index (χ0v) is 13.7. The van der Waals surface area contributed by atoms with Crippen LogP contribution in [0.2, 0.25) is 0 Å². The minimum absolute atomic E-state index is 0.0451. The molecule has 1 amide bonds. The number of hydrogen-bond donors (Lipinski definition) is 1. The number of carbonyl (C=O) groups is 1. The molecule has 4 heteroatoms. The Morgan fingerprint density at radius 1 is 1.40 bits per heavy atom. The van der Waals surface area contributed by atoms with Gasteiger partial charge in [0.1, 0.15) is 5.82 Å². The van der Waals surface area contributed by atoms with Crippen molar-refractivity contribution in [2.45, 2.75) is 52.5 Å². The molecule has 20 heavy (non-hydrogen) atoms. The topological polar surface area (TPSA) is 45.2 Å². The molecule has 0 saturated heterocycles. The molecule has 112 valence electrons. The van der Waals surface area contributed by atoms with E-state index in [1.165, 1.54) is 0 Å². The molecule has 1 N–H and O–H groups in total. The second-order valence-electron chi connectivity index (χ2n) is 6.30. The molecule has 1 rings (SSSR count). The first-order chi connectivity index (χ1) is 9.20. The van der Waals surface area contributed by atoms with Crippen LogP contribution in [0, 0.1) is 0 Å². The number of nitrogens with one attached hydrogen (secondary N) is 1. The van der Waals surface area contributed by atoms with Crippen LogP contribution in [0.15, 0.2) is 12.1 Å². The van der Waals surface area contributed by atoms with E-state index < -0.39 is 0 Å². The van der Waals surface area contributed by atoms with Gasteiger partial charge in [-0.2, -0.15) is 0 Å². The Labute approximate surface area is 122 Å². The largest absolute Gasteiger partial charge is 0.373 e. The third kappa shape index (κ3) is 3.71. The Bertz CT molecular complexity index is 477. The van der Waals surface area contributed by atoms with Crippen LogP contribution in [0.25, 0.3) is 0 Å². The van der Waals surface area contributed by atoms with Crippen molar-refractivity contribution >= 4 is 11.7 Å². The predicted molar refractivity (Wildman–Crippen MR) is 84.3 cm³/mol. The summed E-state index contributed by atoms with van der Waals surface area (Å²) in [7, 11) is 3.67. The van der Waals surface area contributed by atoms with Crippen LogP contribution in [-0.4, -0.2) is 35.9 Å². The molecule has 4 nitrogen and oxygen atoms in total. The van der Waals surface area contributed by atoms with Crippen molar-refractivity contribution in [2.24, 2.45) is 0 Å². The third-order valence-corrected chi connectivity index (χ3v) is 3.67. The maximum absolute atomic E-state index is 12.6. The fraction of sp³-hybridized carbons (Fsp3) is 0.625. The van der Waals surface area contributed by atoms with Gasteiger partial charge in [-0.3, -0.25) is 4.79 Å². The van der Waals surface area contributed by atoms with Gasteiger partial charge in [0, 0.05) is 36.8 Å². The highest BCUT2D eigenvalue weighted by atomic mass is 16.2. The molecule has 1 heterocycles. The fourth-order valence-corrected chi connectivity index (χ4v) is 1.84. The molecule has 0 saturated carbocycles. The van der Waals surface area contributed by atoms with E-state index in [1.54, 1.807) is 4.90 Å². The Kier molecular flexibility index (Phi) is 5.15. The lowest BCUT2D eigenvalue weighted by Crippen LogP contribution is -2.35. The number of anilines is 1. The monoisotopic (exact) mass is 277 g/mol. The average molecular weight is 277 g/mol. The molecule has 1 atom stereocenters. The Hall–Kier alpha value is -1.58. The van der Waals surface area contributed by atoms with Gasteiger partial charge in [0.15, 0.2) is 0 Å². The van der Waals surface area contributed by atoms with E-state index in [0.29, 0.717) is 5.56 Å².